The normalized spacial score (nSPS) is 13.4. The molecule has 0 heterocycles. The third-order valence-electron chi connectivity index (χ3n) is 1.66. The first kappa shape index (κ1) is 10.9. The van der Waals surface area contributed by atoms with Crippen LogP contribution in [0.2, 0.25) is 0 Å². The number of hydrogen-bond donors (Lipinski definition) is 0. The highest BCUT2D eigenvalue weighted by Gasteiger charge is 2.01. The molecule has 0 aromatic carbocycles. The number of unbranched alkanes of at least 4 members (excludes halogenated alkanes) is 1. The summed E-state index contributed by atoms with van der Waals surface area (Å²) in [5, 5.41) is 0. The molecule has 0 aliphatic carbocycles. The number of alkyl halides is 1. The Labute approximate surface area is 68.9 Å². The van der Waals surface area contributed by atoms with Gasteiger partial charge in [-0.3, -0.25) is 0 Å². The van der Waals surface area contributed by atoms with Crippen molar-refractivity contribution in [3.8, 4) is 0 Å². The second-order valence-corrected chi connectivity index (χ2v) is 2.76. The van der Waals surface area contributed by atoms with Crippen LogP contribution < -0.4 is 0 Å². The third kappa shape index (κ3) is 7.79. The minimum Gasteiger partial charge on any atom is -0.381 e. The van der Waals surface area contributed by atoms with Gasteiger partial charge in [0.2, 0.25) is 0 Å². The topological polar surface area (TPSA) is 9.23 Å². The number of hydrogen-bond acceptors (Lipinski definition) is 1. The first-order valence-corrected chi connectivity index (χ1v) is 4.53. The van der Waals surface area contributed by atoms with Gasteiger partial charge in [-0.25, -0.2) is 4.39 Å². The van der Waals surface area contributed by atoms with Crippen LogP contribution in [0.1, 0.15) is 39.5 Å². The van der Waals surface area contributed by atoms with E-state index < -0.39 is 6.17 Å². The second-order valence-electron chi connectivity index (χ2n) is 2.76. The first-order valence-electron chi connectivity index (χ1n) is 4.53. The Kier molecular flexibility index (Phi) is 7.91. The maximum atomic E-state index is 12.6. The predicted molar refractivity (Wildman–Crippen MR) is 45.5 cm³/mol. The standard InChI is InChI=1S/C9H19FO/c1-3-5-7-11-8-6-9(10)4-2/h9H,3-8H2,1-2H3. The fourth-order valence-electron chi connectivity index (χ4n) is 0.764. The lowest BCUT2D eigenvalue weighted by molar-refractivity contribution is 0.108. The Hall–Kier alpha value is -0.110. The highest BCUT2D eigenvalue weighted by Crippen LogP contribution is 2.02. The zero-order valence-corrected chi connectivity index (χ0v) is 7.61. The van der Waals surface area contributed by atoms with Crippen molar-refractivity contribution in [1.82, 2.24) is 0 Å². The van der Waals surface area contributed by atoms with Crippen LogP contribution in [0.3, 0.4) is 0 Å². The number of ether oxygens (including phenoxy) is 1. The number of rotatable bonds is 7. The van der Waals surface area contributed by atoms with Crippen molar-refractivity contribution >= 4 is 0 Å². The summed E-state index contributed by atoms with van der Waals surface area (Å²) in [6, 6.07) is 0. The van der Waals surface area contributed by atoms with E-state index >= 15 is 0 Å². The van der Waals surface area contributed by atoms with E-state index in [4.69, 9.17) is 4.74 Å². The van der Waals surface area contributed by atoms with Crippen LogP contribution >= 0.6 is 0 Å². The summed E-state index contributed by atoms with van der Waals surface area (Å²) in [5.41, 5.74) is 0. The zero-order valence-electron chi connectivity index (χ0n) is 7.61. The van der Waals surface area contributed by atoms with Crippen molar-refractivity contribution < 1.29 is 9.13 Å². The van der Waals surface area contributed by atoms with E-state index in [-0.39, 0.29) is 0 Å². The maximum absolute atomic E-state index is 12.6. The van der Waals surface area contributed by atoms with Gasteiger partial charge in [-0.1, -0.05) is 20.3 Å². The Bertz CT molecular complexity index is 76.0. The summed E-state index contributed by atoms with van der Waals surface area (Å²) < 4.78 is 17.8. The third-order valence-corrected chi connectivity index (χ3v) is 1.66. The van der Waals surface area contributed by atoms with E-state index in [1.54, 1.807) is 0 Å². The van der Waals surface area contributed by atoms with E-state index in [0.29, 0.717) is 19.4 Å². The molecule has 1 nitrogen and oxygen atoms in total. The van der Waals surface area contributed by atoms with E-state index in [0.717, 1.165) is 19.4 Å². The van der Waals surface area contributed by atoms with Crippen LogP contribution in [0, 0.1) is 0 Å². The minimum absolute atomic E-state index is 0.556. The molecule has 1 unspecified atom stereocenters. The molecule has 0 saturated heterocycles. The second kappa shape index (κ2) is 7.99. The zero-order chi connectivity index (χ0) is 8.53. The van der Waals surface area contributed by atoms with Gasteiger partial charge in [-0.15, -0.1) is 0 Å². The predicted octanol–water partition coefficient (Wildman–Crippen LogP) is 2.94. The molecule has 0 aromatic rings. The molecule has 0 aliphatic rings. The molecule has 0 spiro atoms. The molecule has 0 saturated carbocycles. The monoisotopic (exact) mass is 162 g/mol. The van der Waals surface area contributed by atoms with Crippen LogP contribution in [0.4, 0.5) is 4.39 Å². The van der Waals surface area contributed by atoms with Crippen LogP contribution in [-0.2, 0) is 4.74 Å². The summed E-state index contributed by atoms with van der Waals surface area (Å²) in [4.78, 5) is 0. The Balaban J connectivity index is 2.89. The van der Waals surface area contributed by atoms with Crippen LogP contribution in [0.5, 0.6) is 0 Å². The molecule has 11 heavy (non-hydrogen) atoms. The van der Waals surface area contributed by atoms with Crippen molar-refractivity contribution in [2.75, 3.05) is 13.2 Å². The maximum Gasteiger partial charge on any atom is 0.102 e. The summed E-state index contributed by atoms with van der Waals surface area (Å²) in [6.07, 6.45) is 2.73. The minimum atomic E-state index is -0.670. The van der Waals surface area contributed by atoms with E-state index in [2.05, 4.69) is 6.92 Å². The van der Waals surface area contributed by atoms with Crippen molar-refractivity contribution in [3.05, 3.63) is 0 Å². The van der Waals surface area contributed by atoms with Gasteiger partial charge in [0.1, 0.15) is 6.17 Å². The van der Waals surface area contributed by atoms with Gasteiger partial charge < -0.3 is 4.74 Å². The van der Waals surface area contributed by atoms with Gasteiger partial charge in [-0.2, -0.15) is 0 Å². The van der Waals surface area contributed by atoms with Crippen molar-refractivity contribution in [1.29, 1.82) is 0 Å². The SMILES string of the molecule is CCCCOCCC(F)CC. The van der Waals surface area contributed by atoms with Gasteiger partial charge in [0.15, 0.2) is 0 Å². The van der Waals surface area contributed by atoms with Gasteiger partial charge in [0.25, 0.3) is 0 Å². The lowest BCUT2D eigenvalue weighted by Crippen LogP contribution is -2.04. The van der Waals surface area contributed by atoms with Gasteiger partial charge in [0, 0.05) is 19.6 Å². The molecule has 0 rings (SSSR count). The molecule has 0 bridgehead atoms. The van der Waals surface area contributed by atoms with Crippen molar-refractivity contribution in [2.45, 2.75) is 45.7 Å². The van der Waals surface area contributed by atoms with Gasteiger partial charge >= 0.3 is 0 Å². The van der Waals surface area contributed by atoms with E-state index in [9.17, 15) is 4.39 Å². The molecule has 0 radical (unpaired) electrons. The highest BCUT2D eigenvalue weighted by molar-refractivity contribution is 4.50. The molecular formula is C9H19FO. The summed E-state index contributed by atoms with van der Waals surface area (Å²) >= 11 is 0. The fourth-order valence-corrected chi connectivity index (χ4v) is 0.764. The van der Waals surface area contributed by atoms with E-state index in [1.165, 1.54) is 0 Å². The van der Waals surface area contributed by atoms with Crippen LogP contribution in [0.25, 0.3) is 0 Å². The highest BCUT2D eigenvalue weighted by atomic mass is 19.1. The van der Waals surface area contributed by atoms with Crippen molar-refractivity contribution in [2.24, 2.45) is 0 Å². The molecule has 0 fully saturated rings. The Morgan fingerprint density at radius 2 is 2.00 bits per heavy atom. The quantitative estimate of drug-likeness (QED) is 0.523. The molecule has 2 heteroatoms. The molecule has 0 N–H and O–H groups in total. The van der Waals surface area contributed by atoms with Crippen LogP contribution in [-0.4, -0.2) is 19.4 Å². The van der Waals surface area contributed by atoms with Gasteiger partial charge in [0.05, 0.1) is 0 Å². The van der Waals surface area contributed by atoms with Crippen molar-refractivity contribution in [3.63, 3.8) is 0 Å². The smallest absolute Gasteiger partial charge is 0.102 e. The molecule has 0 aliphatic heterocycles. The van der Waals surface area contributed by atoms with E-state index in [1.807, 2.05) is 6.92 Å². The summed E-state index contributed by atoms with van der Waals surface area (Å²) in [6.45, 7) is 5.34. The van der Waals surface area contributed by atoms with Crippen LogP contribution in [0.15, 0.2) is 0 Å². The first-order chi connectivity index (χ1) is 5.31. The summed E-state index contributed by atoms with van der Waals surface area (Å²) in [7, 11) is 0. The lowest BCUT2D eigenvalue weighted by atomic mass is 10.2. The fraction of sp³-hybridized carbons (Fsp3) is 1.00. The molecule has 0 aromatic heterocycles. The Morgan fingerprint density at radius 3 is 2.55 bits per heavy atom. The molecule has 1 atom stereocenters. The van der Waals surface area contributed by atoms with Gasteiger partial charge in [-0.05, 0) is 12.8 Å². The lowest BCUT2D eigenvalue weighted by Gasteiger charge is -2.05. The Morgan fingerprint density at radius 1 is 1.27 bits per heavy atom. The largest absolute Gasteiger partial charge is 0.381 e. The molecule has 0 amide bonds. The average molecular weight is 162 g/mol. The molecule has 68 valence electrons. The summed E-state index contributed by atoms with van der Waals surface area (Å²) in [5.74, 6) is 0. The molecular weight excluding hydrogens is 143 g/mol. The average Bonchev–Trinajstić information content (AvgIpc) is 2.04. The number of halogens is 1.